The smallest absolute Gasteiger partial charge is 0.233 e. The van der Waals surface area contributed by atoms with Gasteiger partial charge in [-0.05, 0) is 19.9 Å². The van der Waals surface area contributed by atoms with Crippen molar-refractivity contribution in [2.24, 2.45) is 0 Å². The molecular weight excluding hydrogens is 154 g/mol. The van der Waals surface area contributed by atoms with Gasteiger partial charge in [0.1, 0.15) is 0 Å². The van der Waals surface area contributed by atoms with Crippen LogP contribution in [0.5, 0.6) is 0 Å². The Kier molecular flexibility index (Phi) is 3.05. The lowest BCUT2D eigenvalue weighted by atomic mass is 10.0. The SMILES string of the molecule is CNC(=O)CNC1(C)CCNC1. The zero-order chi connectivity index (χ0) is 9.03. The predicted octanol–water partition coefficient (Wildman–Crippen LogP) is -0.926. The Hall–Kier alpha value is -0.610. The van der Waals surface area contributed by atoms with Crippen molar-refractivity contribution in [3.63, 3.8) is 0 Å². The molecule has 0 bridgehead atoms. The van der Waals surface area contributed by atoms with Gasteiger partial charge in [-0.2, -0.15) is 0 Å². The van der Waals surface area contributed by atoms with E-state index in [-0.39, 0.29) is 11.4 Å². The number of carbonyl (C=O) groups is 1. The van der Waals surface area contributed by atoms with Crippen molar-refractivity contribution in [1.82, 2.24) is 16.0 Å². The monoisotopic (exact) mass is 171 g/mol. The van der Waals surface area contributed by atoms with Crippen LogP contribution in [-0.2, 0) is 4.79 Å². The molecule has 1 aliphatic heterocycles. The fourth-order valence-corrected chi connectivity index (χ4v) is 1.35. The third kappa shape index (κ3) is 2.46. The van der Waals surface area contributed by atoms with Crippen LogP contribution in [0.1, 0.15) is 13.3 Å². The zero-order valence-corrected chi connectivity index (χ0v) is 7.74. The second-order valence-corrected chi connectivity index (χ2v) is 3.51. The highest BCUT2D eigenvalue weighted by Crippen LogP contribution is 2.11. The molecule has 0 saturated carbocycles. The molecule has 1 amide bonds. The van der Waals surface area contributed by atoms with E-state index in [2.05, 4.69) is 22.9 Å². The summed E-state index contributed by atoms with van der Waals surface area (Å²) in [7, 11) is 1.65. The average Bonchev–Trinajstić information content (AvgIpc) is 2.49. The van der Waals surface area contributed by atoms with Crippen molar-refractivity contribution in [3.05, 3.63) is 0 Å². The Labute approximate surface area is 73.1 Å². The molecule has 0 spiro atoms. The number of amides is 1. The van der Waals surface area contributed by atoms with E-state index in [4.69, 9.17) is 0 Å². The number of hydrogen-bond donors (Lipinski definition) is 3. The predicted molar refractivity (Wildman–Crippen MR) is 48.0 cm³/mol. The van der Waals surface area contributed by atoms with Crippen LogP contribution in [0.25, 0.3) is 0 Å². The Morgan fingerprint density at radius 3 is 2.92 bits per heavy atom. The number of hydrogen-bond acceptors (Lipinski definition) is 3. The van der Waals surface area contributed by atoms with Crippen LogP contribution in [0.2, 0.25) is 0 Å². The van der Waals surface area contributed by atoms with E-state index < -0.39 is 0 Å². The van der Waals surface area contributed by atoms with Gasteiger partial charge in [0.25, 0.3) is 0 Å². The number of carbonyl (C=O) groups excluding carboxylic acids is 1. The highest BCUT2D eigenvalue weighted by atomic mass is 16.1. The number of nitrogens with one attached hydrogen (secondary N) is 3. The number of rotatable bonds is 3. The molecule has 1 fully saturated rings. The largest absolute Gasteiger partial charge is 0.358 e. The molecule has 1 saturated heterocycles. The second kappa shape index (κ2) is 3.87. The van der Waals surface area contributed by atoms with E-state index >= 15 is 0 Å². The molecule has 0 aliphatic carbocycles. The highest BCUT2D eigenvalue weighted by molar-refractivity contribution is 5.77. The van der Waals surface area contributed by atoms with Crippen molar-refractivity contribution in [1.29, 1.82) is 0 Å². The summed E-state index contributed by atoms with van der Waals surface area (Å²) in [5.41, 5.74) is 0.104. The van der Waals surface area contributed by atoms with Gasteiger partial charge < -0.3 is 16.0 Å². The Morgan fingerprint density at radius 2 is 2.42 bits per heavy atom. The lowest BCUT2D eigenvalue weighted by molar-refractivity contribution is -0.120. The van der Waals surface area contributed by atoms with Crippen LogP contribution in [0, 0.1) is 0 Å². The summed E-state index contributed by atoms with van der Waals surface area (Å²) >= 11 is 0. The van der Waals surface area contributed by atoms with Crippen molar-refractivity contribution in [2.45, 2.75) is 18.9 Å². The molecule has 0 aromatic heterocycles. The molecule has 0 aromatic carbocycles. The Morgan fingerprint density at radius 1 is 1.67 bits per heavy atom. The summed E-state index contributed by atoms with van der Waals surface area (Å²) in [4.78, 5) is 10.9. The third-order valence-electron chi connectivity index (χ3n) is 2.32. The third-order valence-corrected chi connectivity index (χ3v) is 2.32. The molecular formula is C8H17N3O. The van der Waals surface area contributed by atoms with Gasteiger partial charge in [0.05, 0.1) is 6.54 Å². The van der Waals surface area contributed by atoms with Gasteiger partial charge in [-0.3, -0.25) is 4.79 Å². The zero-order valence-electron chi connectivity index (χ0n) is 7.74. The molecule has 0 radical (unpaired) electrons. The quantitative estimate of drug-likeness (QED) is 0.514. The highest BCUT2D eigenvalue weighted by Gasteiger charge is 2.27. The lowest BCUT2D eigenvalue weighted by Crippen LogP contribution is -2.48. The minimum atomic E-state index is 0.0446. The standard InChI is InChI=1S/C8H17N3O/c1-8(3-4-10-6-8)11-5-7(12)9-2/h10-11H,3-6H2,1-2H3,(H,9,12). The Balaban J connectivity index is 2.25. The van der Waals surface area contributed by atoms with Gasteiger partial charge >= 0.3 is 0 Å². The summed E-state index contributed by atoms with van der Waals surface area (Å²) in [5, 5.41) is 9.08. The first kappa shape index (κ1) is 9.48. The maximum atomic E-state index is 10.9. The van der Waals surface area contributed by atoms with E-state index in [1.807, 2.05) is 0 Å². The average molecular weight is 171 g/mol. The van der Waals surface area contributed by atoms with Gasteiger partial charge in [0.15, 0.2) is 0 Å². The van der Waals surface area contributed by atoms with Crippen LogP contribution in [0.4, 0.5) is 0 Å². The molecule has 3 N–H and O–H groups in total. The van der Waals surface area contributed by atoms with E-state index in [0.717, 1.165) is 19.5 Å². The fourth-order valence-electron chi connectivity index (χ4n) is 1.35. The lowest BCUT2D eigenvalue weighted by Gasteiger charge is -2.23. The normalized spacial score (nSPS) is 28.8. The molecule has 1 heterocycles. The van der Waals surface area contributed by atoms with Crippen LogP contribution in [-0.4, -0.2) is 38.1 Å². The maximum absolute atomic E-state index is 10.9. The van der Waals surface area contributed by atoms with Crippen LogP contribution < -0.4 is 16.0 Å². The van der Waals surface area contributed by atoms with Gasteiger partial charge in [-0.15, -0.1) is 0 Å². The molecule has 1 aliphatic rings. The van der Waals surface area contributed by atoms with E-state index in [1.54, 1.807) is 7.05 Å². The first-order valence-electron chi connectivity index (χ1n) is 4.33. The summed E-state index contributed by atoms with van der Waals surface area (Å²) in [6.45, 7) is 4.53. The van der Waals surface area contributed by atoms with Crippen LogP contribution in [0.15, 0.2) is 0 Å². The summed E-state index contributed by atoms with van der Waals surface area (Å²) < 4.78 is 0. The molecule has 1 unspecified atom stereocenters. The van der Waals surface area contributed by atoms with Gasteiger partial charge in [0.2, 0.25) is 5.91 Å². The molecule has 4 nitrogen and oxygen atoms in total. The van der Waals surface area contributed by atoms with E-state index in [9.17, 15) is 4.79 Å². The van der Waals surface area contributed by atoms with Crippen LogP contribution >= 0.6 is 0 Å². The van der Waals surface area contributed by atoms with E-state index in [0.29, 0.717) is 6.54 Å². The molecule has 70 valence electrons. The van der Waals surface area contributed by atoms with E-state index in [1.165, 1.54) is 0 Å². The maximum Gasteiger partial charge on any atom is 0.233 e. The first-order valence-corrected chi connectivity index (χ1v) is 4.33. The summed E-state index contributed by atoms with van der Waals surface area (Å²) in [6.07, 6.45) is 1.09. The molecule has 1 rings (SSSR count). The van der Waals surface area contributed by atoms with Gasteiger partial charge in [-0.1, -0.05) is 0 Å². The molecule has 4 heteroatoms. The Bertz CT molecular complexity index is 164. The summed E-state index contributed by atoms with van der Waals surface area (Å²) in [5.74, 6) is 0.0446. The summed E-state index contributed by atoms with van der Waals surface area (Å²) in [6, 6.07) is 0. The molecule has 12 heavy (non-hydrogen) atoms. The molecule has 0 aromatic rings. The second-order valence-electron chi connectivity index (χ2n) is 3.51. The minimum absolute atomic E-state index is 0.0446. The minimum Gasteiger partial charge on any atom is -0.358 e. The van der Waals surface area contributed by atoms with Crippen molar-refractivity contribution < 1.29 is 4.79 Å². The van der Waals surface area contributed by atoms with Crippen LogP contribution in [0.3, 0.4) is 0 Å². The molecule has 1 atom stereocenters. The topological polar surface area (TPSA) is 53.2 Å². The fraction of sp³-hybridized carbons (Fsp3) is 0.875. The van der Waals surface area contributed by atoms with Gasteiger partial charge in [-0.25, -0.2) is 0 Å². The van der Waals surface area contributed by atoms with Gasteiger partial charge in [0, 0.05) is 19.1 Å². The number of likely N-dealkylation sites (N-methyl/N-ethyl adjacent to an activating group) is 1. The van der Waals surface area contributed by atoms with Crippen molar-refractivity contribution in [3.8, 4) is 0 Å². The first-order chi connectivity index (χ1) is 5.66. The van der Waals surface area contributed by atoms with Crippen molar-refractivity contribution >= 4 is 5.91 Å². The van der Waals surface area contributed by atoms with Crippen molar-refractivity contribution in [2.75, 3.05) is 26.7 Å².